The van der Waals surface area contributed by atoms with Gasteiger partial charge >= 0.3 is 0 Å². The molecule has 2 atom stereocenters. The molecular formula is C16H20ClN3O4S2. The Kier molecular flexibility index (Phi) is 5.41. The van der Waals surface area contributed by atoms with Gasteiger partial charge in [0.2, 0.25) is 5.91 Å². The maximum absolute atomic E-state index is 12.1. The molecule has 0 spiro atoms. The van der Waals surface area contributed by atoms with Crippen molar-refractivity contribution in [3.05, 3.63) is 23.2 Å². The van der Waals surface area contributed by atoms with Crippen LogP contribution in [-0.2, 0) is 14.6 Å². The highest BCUT2D eigenvalue weighted by Gasteiger charge is 2.47. The first-order valence-electron chi connectivity index (χ1n) is 7.96. The van der Waals surface area contributed by atoms with E-state index in [-0.39, 0.29) is 35.2 Å². The number of thioether (sulfide) groups is 1. The third-order valence-corrected chi connectivity index (χ3v) is 7.22. The second-order valence-corrected chi connectivity index (χ2v) is 9.92. The molecule has 26 heavy (non-hydrogen) atoms. The molecule has 2 aliphatic rings. The smallest absolute Gasteiger partial charge is 0.232 e. The summed E-state index contributed by atoms with van der Waals surface area (Å²) in [7, 11) is 1.78. The number of amidine groups is 1. The predicted octanol–water partition coefficient (Wildman–Crippen LogP) is 1.51. The molecule has 0 radical (unpaired) electrons. The Labute approximate surface area is 162 Å². The molecule has 1 aromatic rings. The van der Waals surface area contributed by atoms with E-state index in [9.17, 15) is 13.2 Å². The summed E-state index contributed by atoms with van der Waals surface area (Å²) in [5.74, 6) is 0.787. The van der Waals surface area contributed by atoms with Crippen LogP contribution in [0.2, 0.25) is 5.02 Å². The predicted molar refractivity (Wildman–Crippen MR) is 105 cm³/mol. The molecule has 3 rings (SSSR count). The number of amides is 1. The molecule has 10 heteroatoms. The Hall–Kier alpha value is -1.45. The third kappa shape index (κ3) is 3.79. The number of hydrogen-bond acceptors (Lipinski definition) is 7. The van der Waals surface area contributed by atoms with E-state index in [1.807, 2.05) is 4.90 Å². The van der Waals surface area contributed by atoms with Crippen LogP contribution < -0.4 is 9.64 Å². The monoisotopic (exact) mass is 417 g/mol. The first-order valence-corrected chi connectivity index (χ1v) is 11.1. The maximum Gasteiger partial charge on any atom is 0.232 e. The summed E-state index contributed by atoms with van der Waals surface area (Å²) in [6.07, 6.45) is 0. The molecule has 0 aliphatic carbocycles. The van der Waals surface area contributed by atoms with Crippen LogP contribution >= 0.6 is 23.4 Å². The second-order valence-electron chi connectivity index (χ2n) is 6.39. The maximum atomic E-state index is 12.1. The van der Waals surface area contributed by atoms with Gasteiger partial charge in [0.1, 0.15) is 5.75 Å². The Morgan fingerprint density at radius 1 is 1.42 bits per heavy atom. The minimum Gasteiger partial charge on any atom is -0.495 e. The molecule has 0 bridgehead atoms. The fraction of sp³-hybridized carbons (Fsp3) is 0.500. The number of carbonyl (C=O) groups excluding carboxylic acids is 1. The molecule has 2 unspecified atom stereocenters. The molecule has 1 fully saturated rings. The van der Waals surface area contributed by atoms with Gasteiger partial charge in [0.25, 0.3) is 0 Å². The van der Waals surface area contributed by atoms with Crippen molar-refractivity contribution >= 4 is 50.0 Å². The molecular weight excluding hydrogens is 398 g/mol. The average Bonchev–Trinajstić information content (AvgIpc) is 3.03. The number of aliphatic imine (C=N–C) groups is 1. The van der Waals surface area contributed by atoms with Crippen molar-refractivity contribution in [3.63, 3.8) is 0 Å². The SMILES string of the molecule is COc1ccc(Cl)cc1N1C(SCC(=O)N(C)C)=NC2CS(=O)(=O)CC21. The quantitative estimate of drug-likeness (QED) is 0.738. The molecule has 2 heterocycles. The summed E-state index contributed by atoms with van der Waals surface area (Å²) < 4.78 is 29.6. The largest absolute Gasteiger partial charge is 0.495 e. The molecule has 1 aromatic carbocycles. The van der Waals surface area contributed by atoms with Crippen LogP contribution in [0.4, 0.5) is 5.69 Å². The van der Waals surface area contributed by atoms with Gasteiger partial charge in [0, 0.05) is 19.1 Å². The minimum atomic E-state index is -3.15. The van der Waals surface area contributed by atoms with Crippen molar-refractivity contribution in [2.24, 2.45) is 4.99 Å². The van der Waals surface area contributed by atoms with E-state index in [0.717, 1.165) is 0 Å². The summed E-state index contributed by atoms with van der Waals surface area (Å²) in [5.41, 5.74) is 0.660. The highest BCUT2D eigenvalue weighted by molar-refractivity contribution is 8.14. The van der Waals surface area contributed by atoms with Crippen LogP contribution in [0.1, 0.15) is 0 Å². The zero-order valence-electron chi connectivity index (χ0n) is 14.7. The van der Waals surface area contributed by atoms with Gasteiger partial charge in [-0.3, -0.25) is 9.79 Å². The van der Waals surface area contributed by atoms with Gasteiger partial charge in [-0.1, -0.05) is 23.4 Å². The van der Waals surface area contributed by atoms with Gasteiger partial charge in [0.05, 0.1) is 42.1 Å². The van der Waals surface area contributed by atoms with Crippen molar-refractivity contribution in [2.75, 3.05) is 43.4 Å². The molecule has 1 saturated heterocycles. The van der Waals surface area contributed by atoms with Crippen molar-refractivity contribution < 1.29 is 17.9 Å². The fourth-order valence-electron chi connectivity index (χ4n) is 3.02. The van der Waals surface area contributed by atoms with Crippen LogP contribution in [0.15, 0.2) is 23.2 Å². The lowest BCUT2D eigenvalue weighted by atomic mass is 10.1. The van der Waals surface area contributed by atoms with Gasteiger partial charge in [0.15, 0.2) is 15.0 Å². The lowest BCUT2D eigenvalue weighted by Gasteiger charge is -2.28. The van der Waals surface area contributed by atoms with Crippen LogP contribution in [0.25, 0.3) is 0 Å². The highest BCUT2D eigenvalue weighted by atomic mass is 35.5. The van der Waals surface area contributed by atoms with Crippen molar-refractivity contribution in [1.29, 1.82) is 0 Å². The zero-order chi connectivity index (χ0) is 19.1. The summed E-state index contributed by atoms with van der Waals surface area (Å²) in [6.45, 7) is 0. The third-order valence-electron chi connectivity index (χ3n) is 4.33. The Bertz CT molecular complexity index is 857. The van der Waals surface area contributed by atoms with E-state index < -0.39 is 9.84 Å². The fourth-order valence-corrected chi connectivity index (χ4v) is 6.13. The number of fused-ring (bicyclic) bond motifs is 1. The topological polar surface area (TPSA) is 79.3 Å². The van der Waals surface area contributed by atoms with Crippen LogP contribution in [0.3, 0.4) is 0 Å². The average molecular weight is 418 g/mol. The zero-order valence-corrected chi connectivity index (χ0v) is 17.1. The number of anilines is 1. The van der Waals surface area contributed by atoms with Crippen molar-refractivity contribution in [1.82, 2.24) is 4.90 Å². The summed E-state index contributed by atoms with van der Waals surface area (Å²) in [5, 5.41) is 1.13. The van der Waals surface area contributed by atoms with Gasteiger partial charge in [-0.25, -0.2) is 8.42 Å². The number of methoxy groups -OCH3 is 1. The number of benzene rings is 1. The summed E-state index contributed by atoms with van der Waals surface area (Å²) in [4.78, 5) is 19.9. The number of halogens is 1. The molecule has 0 N–H and O–H groups in total. The van der Waals surface area contributed by atoms with E-state index in [4.69, 9.17) is 16.3 Å². The second kappa shape index (κ2) is 7.28. The molecule has 1 amide bonds. The van der Waals surface area contributed by atoms with E-state index in [1.54, 1.807) is 39.4 Å². The Morgan fingerprint density at radius 2 is 2.15 bits per heavy atom. The lowest BCUT2D eigenvalue weighted by molar-refractivity contribution is -0.125. The Balaban J connectivity index is 1.97. The number of hydrogen-bond donors (Lipinski definition) is 0. The minimum absolute atomic E-state index is 0.0164. The molecule has 7 nitrogen and oxygen atoms in total. The first kappa shape index (κ1) is 19.3. The number of nitrogens with zero attached hydrogens (tertiary/aromatic N) is 3. The highest BCUT2D eigenvalue weighted by Crippen LogP contribution is 2.40. The van der Waals surface area contributed by atoms with Crippen molar-refractivity contribution in [3.8, 4) is 5.75 Å². The van der Waals surface area contributed by atoms with Crippen LogP contribution in [-0.4, -0.2) is 74.9 Å². The lowest BCUT2D eigenvalue weighted by Crippen LogP contribution is -2.39. The number of ether oxygens (including phenoxy) is 1. The normalized spacial score (nSPS) is 23.5. The standard InChI is InChI=1S/C16H20ClN3O4S2/c1-19(2)15(21)7-25-16-18-11-8-26(22,23)9-13(11)20(16)12-6-10(17)4-5-14(12)24-3/h4-6,11,13H,7-9H2,1-3H3. The Morgan fingerprint density at radius 3 is 2.81 bits per heavy atom. The van der Waals surface area contributed by atoms with E-state index >= 15 is 0 Å². The number of rotatable bonds is 4. The van der Waals surface area contributed by atoms with Crippen molar-refractivity contribution in [2.45, 2.75) is 12.1 Å². The number of carbonyl (C=O) groups is 1. The van der Waals surface area contributed by atoms with Crippen LogP contribution in [0, 0.1) is 0 Å². The first-order chi connectivity index (χ1) is 12.2. The van der Waals surface area contributed by atoms with Gasteiger partial charge in [-0.2, -0.15) is 0 Å². The molecule has 0 saturated carbocycles. The molecule has 142 valence electrons. The molecule has 0 aromatic heterocycles. The van der Waals surface area contributed by atoms with Crippen LogP contribution in [0.5, 0.6) is 5.75 Å². The number of sulfone groups is 1. The van der Waals surface area contributed by atoms with Gasteiger partial charge in [-0.05, 0) is 18.2 Å². The summed E-state index contributed by atoms with van der Waals surface area (Å²) >= 11 is 7.46. The molecule has 2 aliphatic heterocycles. The summed E-state index contributed by atoms with van der Waals surface area (Å²) in [6, 6.07) is 4.52. The van der Waals surface area contributed by atoms with E-state index in [2.05, 4.69) is 4.99 Å². The van der Waals surface area contributed by atoms with Gasteiger partial charge in [-0.15, -0.1) is 0 Å². The van der Waals surface area contributed by atoms with Gasteiger partial charge < -0.3 is 14.5 Å². The van der Waals surface area contributed by atoms with E-state index in [1.165, 1.54) is 16.7 Å². The van der Waals surface area contributed by atoms with E-state index in [0.29, 0.717) is 21.6 Å².